The highest BCUT2D eigenvalue weighted by atomic mass is 16.3. The number of nitrogens with zero attached hydrogens (tertiary/aromatic N) is 14. The molecule has 4 aromatic carbocycles. The number of H-pyrrole nitrogens is 4. The third kappa shape index (κ3) is 13.2. The summed E-state index contributed by atoms with van der Waals surface area (Å²) >= 11 is 0. The lowest BCUT2D eigenvalue weighted by atomic mass is 9.93. The molecule has 0 spiro atoms. The summed E-state index contributed by atoms with van der Waals surface area (Å²) in [6, 6.07) is 35.3. The molecular weight excluding hydrogens is 1380 g/mol. The molecule has 109 heavy (non-hydrogen) atoms. The maximum absolute atomic E-state index is 12.0. The SMILES string of the molecule is CC(=O)c1cc2ccc(-c3nn(C(C)(C)C)c4ncnc(N)c34)cc2[nH]1.CNC(=O)c1cc2ccc(-c3nn(C(C)C)c4ncnc(N)c34)cc2[nH]1.CNC(=O)c1cc2ccc(-c3nn(C4CCC(C)(O)C4)c4nccc(N)c34)cc2[nH]1.CNC(=O)c1cc2ccc(-c3nn(C4CCC4)c4nccc(N)c34)cc2[nH]1. The van der Waals surface area contributed by atoms with Crippen molar-refractivity contribution < 1.29 is 24.3 Å². The summed E-state index contributed by atoms with van der Waals surface area (Å²) < 4.78 is 7.66. The molecule has 2 fully saturated rings. The average Bonchev–Trinajstić information content (AvgIpc) is 1.62. The van der Waals surface area contributed by atoms with E-state index in [0.29, 0.717) is 69.5 Å². The molecule has 16 aromatic rings. The van der Waals surface area contributed by atoms with Gasteiger partial charge in [-0.15, -0.1) is 0 Å². The van der Waals surface area contributed by atoms with Crippen LogP contribution in [0.4, 0.5) is 23.0 Å². The molecule has 12 aromatic heterocycles. The number of carbonyl (C=O) groups excluding carboxylic acids is 4. The number of hydrogen-bond donors (Lipinski definition) is 12. The van der Waals surface area contributed by atoms with Gasteiger partial charge < -0.3 is 63.9 Å². The molecule has 0 radical (unpaired) electrons. The predicted molar refractivity (Wildman–Crippen MR) is 424 cm³/mol. The highest BCUT2D eigenvalue weighted by Crippen LogP contribution is 2.44. The fraction of sp³-hybridized carbons (Fsp3) is 0.266. The first kappa shape index (κ1) is 71.2. The van der Waals surface area contributed by atoms with Crippen molar-refractivity contribution in [1.82, 2.24) is 105 Å². The number of hydrogen-bond acceptors (Lipinski definition) is 19. The Bertz CT molecular complexity index is 6280. The van der Waals surface area contributed by atoms with Crippen LogP contribution in [0.2, 0.25) is 0 Å². The number of aliphatic hydroxyl groups is 1. The Morgan fingerprint density at radius 1 is 0.495 bits per heavy atom. The van der Waals surface area contributed by atoms with Crippen LogP contribution in [0.3, 0.4) is 0 Å². The van der Waals surface area contributed by atoms with Crippen molar-refractivity contribution in [3.05, 3.63) is 157 Å². The summed E-state index contributed by atoms with van der Waals surface area (Å²) in [4.78, 5) is 86.1. The largest absolute Gasteiger partial charge is 0.398 e. The van der Waals surface area contributed by atoms with Gasteiger partial charge in [0.15, 0.2) is 28.4 Å². The number of pyridine rings is 2. The number of amides is 3. The molecule has 2 saturated carbocycles. The van der Waals surface area contributed by atoms with E-state index in [9.17, 15) is 24.3 Å². The number of nitrogens with two attached hydrogens (primary N) is 4. The van der Waals surface area contributed by atoms with Crippen LogP contribution in [0.25, 0.3) is 133 Å². The van der Waals surface area contributed by atoms with Gasteiger partial charge in [0.1, 0.15) is 64.1 Å². The van der Waals surface area contributed by atoms with Crippen LogP contribution < -0.4 is 38.9 Å². The summed E-state index contributed by atoms with van der Waals surface area (Å²) in [6.07, 6.45) is 12.0. The first-order chi connectivity index (χ1) is 52.3. The Balaban J connectivity index is 0.000000116. The maximum Gasteiger partial charge on any atom is 0.267 e. The molecule has 30 nitrogen and oxygen atoms in total. The Morgan fingerprint density at radius 2 is 0.890 bits per heavy atom. The Labute approximate surface area is 622 Å². The zero-order valence-electron chi connectivity index (χ0n) is 61.8. The minimum Gasteiger partial charge on any atom is -0.398 e. The van der Waals surface area contributed by atoms with Gasteiger partial charge in [-0.2, -0.15) is 20.4 Å². The Kier molecular flexibility index (Phi) is 18.2. The number of nitrogens with one attached hydrogen (secondary N) is 7. The molecule has 2 aliphatic carbocycles. The number of fused-ring (bicyclic) bond motifs is 8. The Morgan fingerprint density at radius 3 is 1.28 bits per heavy atom. The van der Waals surface area contributed by atoms with Crippen LogP contribution in [0.15, 0.2) is 134 Å². The van der Waals surface area contributed by atoms with Gasteiger partial charge in [0.05, 0.1) is 50.5 Å². The lowest BCUT2D eigenvalue weighted by molar-refractivity contribution is 0.0637. The van der Waals surface area contributed by atoms with Crippen LogP contribution in [0.1, 0.15) is 147 Å². The molecule has 12 heterocycles. The van der Waals surface area contributed by atoms with Gasteiger partial charge in [-0.1, -0.05) is 48.5 Å². The summed E-state index contributed by atoms with van der Waals surface area (Å²) in [7, 11) is 4.83. The van der Waals surface area contributed by atoms with Gasteiger partial charge in [0.2, 0.25) is 0 Å². The maximum atomic E-state index is 12.0. The second-order valence-corrected chi connectivity index (χ2v) is 29.2. The average molecular weight is 1460 g/mol. The van der Waals surface area contributed by atoms with E-state index in [2.05, 4.69) is 86.6 Å². The normalized spacial score (nSPS) is 15.2. The van der Waals surface area contributed by atoms with Gasteiger partial charge in [0.25, 0.3) is 17.7 Å². The van der Waals surface area contributed by atoms with Crippen LogP contribution >= 0.6 is 0 Å². The van der Waals surface area contributed by atoms with Gasteiger partial charge in [0, 0.05) is 124 Å². The monoisotopic (exact) mass is 1460 g/mol. The van der Waals surface area contributed by atoms with Crippen molar-refractivity contribution in [1.29, 1.82) is 0 Å². The van der Waals surface area contributed by atoms with Crippen molar-refractivity contribution in [2.45, 2.75) is 116 Å². The number of benzene rings is 4. The summed E-state index contributed by atoms with van der Waals surface area (Å²) in [6.45, 7) is 13.7. The lowest BCUT2D eigenvalue weighted by Crippen LogP contribution is -2.23. The highest BCUT2D eigenvalue weighted by molar-refractivity contribution is 6.07. The quantitative estimate of drug-likeness (QED) is 0.0535. The number of anilines is 4. The number of rotatable bonds is 11. The van der Waals surface area contributed by atoms with E-state index < -0.39 is 5.60 Å². The third-order valence-corrected chi connectivity index (χ3v) is 20.2. The van der Waals surface area contributed by atoms with Gasteiger partial charge in [-0.25, -0.2) is 48.6 Å². The van der Waals surface area contributed by atoms with Gasteiger partial charge in [-0.3, -0.25) is 19.2 Å². The molecule has 0 saturated heterocycles. The molecule has 3 amide bonds. The molecule has 18 rings (SSSR count). The number of aromatic nitrogens is 18. The van der Waals surface area contributed by atoms with Crippen molar-refractivity contribution in [2.75, 3.05) is 44.1 Å². The van der Waals surface area contributed by atoms with Crippen LogP contribution in [0, 0.1) is 0 Å². The first-order valence-electron chi connectivity index (χ1n) is 35.9. The van der Waals surface area contributed by atoms with Gasteiger partial charge >= 0.3 is 0 Å². The molecular formula is C79H83N25O5. The van der Waals surface area contributed by atoms with Crippen molar-refractivity contribution in [3.8, 4) is 45.0 Å². The van der Waals surface area contributed by atoms with Crippen LogP contribution in [-0.2, 0) is 5.54 Å². The topological polar surface area (TPSA) is 440 Å². The molecule has 554 valence electrons. The number of Topliss-reactive ketones (excluding diaryl/α,β-unsaturated/α-hetero) is 1. The molecule has 2 aliphatic rings. The molecule has 0 aliphatic heterocycles. The number of nitrogen functional groups attached to an aromatic ring is 4. The minimum atomic E-state index is -0.692. The van der Waals surface area contributed by atoms with Crippen molar-refractivity contribution >= 4 is 134 Å². The Hall–Kier alpha value is -13.4. The van der Waals surface area contributed by atoms with E-state index >= 15 is 0 Å². The number of carbonyl (C=O) groups is 4. The van der Waals surface area contributed by atoms with Crippen LogP contribution in [0.5, 0.6) is 0 Å². The second-order valence-electron chi connectivity index (χ2n) is 29.2. The zero-order chi connectivity index (χ0) is 76.6. The lowest BCUT2D eigenvalue weighted by Gasteiger charge is -2.25. The standard InChI is InChI=1S/C22H24N6O2.C20H20N6O.C19H20N6O.C18H19N7O/c1-22(30)7-5-14(11-22)28-20-18(15(23)6-8-25-20)19(27-28)13-4-3-12-9-17(21(29)24-2)26-16(12)10-13;1-22-20(27)16-9-11-5-6-12(10-15(11)24-16)18-17-14(21)7-8-23-19(17)26(25-18)13-3-2-4-13;1-10(26)13-7-11-5-6-12(8-14(11)23-13)16-15-17(20)21-9-22-18(15)25(24-16)19(2,3)4;1-9(2)25-17-14(16(19)21-8-22-17)15(24-25)11-5-4-10-6-13(18(26)20-3)23-12(10)7-11/h3-4,6,8-10,14,26,30H,5,7,11H2,1-2H3,(H2,23,25)(H,24,29);5-10,13,24H,2-4H2,1H3,(H2,21,23)(H,22,27);5-9,23H,1-4H3,(H2,20,21,22);4-9,23H,1-3H3,(H,20,26)(H2,19,21,22). The molecule has 0 bridgehead atoms. The third-order valence-electron chi connectivity index (χ3n) is 20.2. The smallest absolute Gasteiger partial charge is 0.267 e. The number of aromatic amines is 4. The summed E-state index contributed by atoms with van der Waals surface area (Å²) in [5.74, 6) is 0.342. The van der Waals surface area contributed by atoms with E-state index in [4.69, 9.17) is 43.3 Å². The number of ketones is 1. The van der Waals surface area contributed by atoms with E-state index in [1.807, 2.05) is 143 Å². The summed E-state index contributed by atoms with van der Waals surface area (Å²) in [5, 5.41) is 44.6. The van der Waals surface area contributed by atoms with E-state index in [1.165, 1.54) is 19.1 Å². The molecule has 2 unspecified atom stereocenters. The molecule has 2 atom stereocenters. The predicted octanol–water partition coefficient (Wildman–Crippen LogP) is 12.3. The second kappa shape index (κ2) is 27.8. The van der Waals surface area contributed by atoms with E-state index in [0.717, 1.165) is 147 Å². The van der Waals surface area contributed by atoms with Crippen molar-refractivity contribution in [3.63, 3.8) is 0 Å². The van der Waals surface area contributed by atoms with E-state index in [-0.39, 0.29) is 41.1 Å². The molecule has 16 N–H and O–H groups in total. The van der Waals surface area contributed by atoms with Crippen molar-refractivity contribution in [2.24, 2.45) is 0 Å². The fourth-order valence-corrected chi connectivity index (χ4v) is 14.4. The first-order valence-corrected chi connectivity index (χ1v) is 35.9. The highest BCUT2D eigenvalue weighted by Gasteiger charge is 2.36. The van der Waals surface area contributed by atoms with Crippen LogP contribution in [-0.4, -0.2) is 144 Å². The molecule has 30 heteroatoms. The minimum absolute atomic E-state index is 0.00264. The van der Waals surface area contributed by atoms with Gasteiger partial charge in [-0.05, 0) is 141 Å². The summed E-state index contributed by atoms with van der Waals surface area (Å²) in [5.41, 5.74) is 40.5. The van der Waals surface area contributed by atoms with E-state index in [1.54, 1.807) is 46.5 Å². The zero-order valence-corrected chi connectivity index (χ0v) is 61.8. The fourth-order valence-electron chi connectivity index (χ4n) is 14.4.